The topological polar surface area (TPSA) is 69.6 Å². The smallest absolute Gasteiger partial charge is 0.225 e. The number of aliphatic hydroxyl groups is 1. The minimum absolute atomic E-state index is 0.0324. The summed E-state index contributed by atoms with van der Waals surface area (Å²) in [7, 11) is 0. The number of hydrogen-bond donors (Lipinski definition) is 2. The molecule has 1 saturated heterocycles. The van der Waals surface area contributed by atoms with Gasteiger partial charge in [-0.2, -0.15) is 0 Å². The normalized spacial score (nSPS) is 27.8. The van der Waals surface area contributed by atoms with Crippen LogP contribution in [0.15, 0.2) is 24.3 Å². The number of nitrogens with zero attached hydrogens (tertiary/aromatic N) is 1. The van der Waals surface area contributed by atoms with Crippen molar-refractivity contribution in [1.29, 1.82) is 0 Å². The monoisotopic (exact) mass is 288 g/mol. The van der Waals surface area contributed by atoms with Gasteiger partial charge in [-0.05, 0) is 18.1 Å². The Kier molecular flexibility index (Phi) is 3.68. The number of benzene rings is 1. The van der Waals surface area contributed by atoms with E-state index in [1.165, 1.54) is 0 Å². The van der Waals surface area contributed by atoms with Crippen LogP contribution >= 0.6 is 0 Å². The molecule has 5 heteroatoms. The van der Waals surface area contributed by atoms with Crippen molar-refractivity contribution in [2.24, 2.45) is 5.92 Å². The molecule has 1 aromatic rings. The first-order valence-electron chi connectivity index (χ1n) is 7.44. The summed E-state index contributed by atoms with van der Waals surface area (Å²) in [5.41, 5.74) is 2.06. The van der Waals surface area contributed by atoms with Crippen molar-refractivity contribution < 1.29 is 14.7 Å². The van der Waals surface area contributed by atoms with E-state index in [1.54, 1.807) is 4.90 Å². The molecule has 0 radical (unpaired) electrons. The van der Waals surface area contributed by atoms with Crippen molar-refractivity contribution in [2.45, 2.75) is 31.9 Å². The average molecular weight is 288 g/mol. The van der Waals surface area contributed by atoms with Crippen molar-refractivity contribution in [3.63, 3.8) is 0 Å². The summed E-state index contributed by atoms with van der Waals surface area (Å²) in [6.07, 6.45) is 0.237. The van der Waals surface area contributed by atoms with Gasteiger partial charge >= 0.3 is 0 Å². The number of carbonyl (C=O) groups excluding carboxylic acids is 2. The third-order valence-electron chi connectivity index (χ3n) is 4.47. The molecule has 21 heavy (non-hydrogen) atoms. The van der Waals surface area contributed by atoms with E-state index in [1.807, 2.05) is 31.2 Å². The molecule has 1 fully saturated rings. The summed E-state index contributed by atoms with van der Waals surface area (Å²) in [5.74, 6) is -0.414. The fourth-order valence-corrected chi connectivity index (χ4v) is 3.27. The SMILES string of the molecule is CCN1CC(C(=O)NC2c3ccccc3CC2O)CC1=O. The molecule has 1 aromatic carbocycles. The average Bonchev–Trinajstić information content (AvgIpc) is 3.00. The number of hydrogen-bond acceptors (Lipinski definition) is 3. The van der Waals surface area contributed by atoms with E-state index in [4.69, 9.17) is 0 Å². The van der Waals surface area contributed by atoms with Crippen LogP contribution in [0.25, 0.3) is 0 Å². The van der Waals surface area contributed by atoms with Gasteiger partial charge in [0.05, 0.1) is 18.1 Å². The van der Waals surface area contributed by atoms with Gasteiger partial charge in [-0.1, -0.05) is 24.3 Å². The molecule has 0 aromatic heterocycles. The molecular formula is C16H20N2O3. The van der Waals surface area contributed by atoms with E-state index >= 15 is 0 Å². The number of rotatable bonds is 3. The zero-order chi connectivity index (χ0) is 15.0. The lowest BCUT2D eigenvalue weighted by molar-refractivity contribution is -0.129. The highest BCUT2D eigenvalue weighted by Crippen LogP contribution is 2.32. The second-order valence-electron chi connectivity index (χ2n) is 5.79. The summed E-state index contributed by atoms with van der Waals surface area (Å²) in [6, 6.07) is 7.40. The van der Waals surface area contributed by atoms with Gasteiger partial charge in [-0.3, -0.25) is 9.59 Å². The van der Waals surface area contributed by atoms with Gasteiger partial charge in [-0.25, -0.2) is 0 Å². The van der Waals surface area contributed by atoms with Crippen molar-refractivity contribution in [3.8, 4) is 0 Å². The third-order valence-corrected chi connectivity index (χ3v) is 4.47. The molecule has 3 rings (SSSR count). The highest BCUT2D eigenvalue weighted by atomic mass is 16.3. The van der Waals surface area contributed by atoms with E-state index in [0.29, 0.717) is 19.5 Å². The third kappa shape index (κ3) is 2.53. The molecule has 2 aliphatic rings. The Bertz CT molecular complexity index is 572. The van der Waals surface area contributed by atoms with Crippen LogP contribution < -0.4 is 5.32 Å². The van der Waals surface area contributed by atoms with Crippen molar-refractivity contribution in [2.75, 3.05) is 13.1 Å². The zero-order valence-corrected chi connectivity index (χ0v) is 12.1. The van der Waals surface area contributed by atoms with Crippen molar-refractivity contribution in [3.05, 3.63) is 35.4 Å². The standard InChI is InChI=1S/C16H20N2O3/c1-2-18-9-11(8-14(18)20)16(21)17-15-12-6-4-3-5-10(12)7-13(15)19/h3-6,11,13,15,19H,2,7-9H2,1H3,(H,17,21). The minimum atomic E-state index is -0.592. The first kappa shape index (κ1) is 14.1. The quantitative estimate of drug-likeness (QED) is 0.857. The van der Waals surface area contributed by atoms with Gasteiger partial charge < -0.3 is 15.3 Å². The Morgan fingerprint density at radius 3 is 2.86 bits per heavy atom. The lowest BCUT2D eigenvalue weighted by atomic mass is 10.0. The minimum Gasteiger partial charge on any atom is -0.390 e. The molecule has 1 aliphatic carbocycles. The lowest BCUT2D eigenvalue weighted by Gasteiger charge is -2.20. The number of amides is 2. The number of nitrogens with one attached hydrogen (secondary N) is 1. The van der Waals surface area contributed by atoms with Crippen LogP contribution in [0.4, 0.5) is 0 Å². The second-order valence-corrected chi connectivity index (χ2v) is 5.79. The number of carbonyl (C=O) groups is 2. The van der Waals surface area contributed by atoms with Gasteiger partial charge in [0, 0.05) is 25.9 Å². The molecule has 2 amide bonds. The fraction of sp³-hybridized carbons (Fsp3) is 0.500. The number of likely N-dealkylation sites (tertiary alicyclic amines) is 1. The Labute approximate surface area is 123 Å². The Morgan fingerprint density at radius 2 is 2.14 bits per heavy atom. The highest BCUT2D eigenvalue weighted by molar-refractivity contribution is 5.89. The molecule has 3 atom stereocenters. The van der Waals surface area contributed by atoms with E-state index in [0.717, 1.165) is 11.1 Å². The van der Waals surface area contributed by atoms with Crippen LogP contribution in [0, 0.1) is 5.92 Å². The first-order chi connectivity index (χ1) is 10.1. The molecule has 5 nitrogen and oxygen atoms in total. The van der Waals surface area contributed by atoms with Gasteiger partial charge in [0.25, 0.3) is 0 Å². The molecule has 1 aliphatic heterocycles. The highest BCUT2D eigenvalue weighted by Gasteiger charge is 2.37. The van der Waals surface area contributed by atoms with E-state index in [-0.39, 0.29) is 30.2 Å². The van der Waals surface area contributed by atoms with E-state index in [9.17, 15) is 14.7 Å². The number of fused-ring (bicyclic) bond motifs is 1. The van der Waals surface area contributed by atoms with E-state index < -0.39 is 6.10 Å². The Hall–Kier alpha value is -1.88. The van der Waals surface area contributed by atoms with Gasteiger partial charge in [0.15, 0.2) is 0 Å². The lowest BCUT2D eigenvalue weighted by Crippen LogP contribution is -2.38. The maximum Gasteiger partial charge on any atom is 0.225 e. The predicted octanol–water partition coefficient (Wildman–Crippen LogP) is 0.629. The summed E-state index contributed by atoms with van der Waals surface area (Å²) >= 11 is 0. The van der Waals surface area contributed by atoms with Crippen molar-refractivity contribution >= 4 is 11.8 Å². The molecule has 3 unspecified atom stereocenters. The van der Waals surface area contributed by atoms with Crippen LogP contribution in [0.1, 0.15) is 30.5 Å². The Morgan fingerprint density at radius 1 is 1.38 bits per heavy atom. The Balaban J connectivity index is 1.70. The molecule has 1 heterocycles. The summed E-state index contributed by atoms with van der Waals surface area (Å²) in [4.78, 5) is 25.8. The molecule has 0 spiro atoms. The first-order valence-corrected chi connectivity index (χ1v) is 7.44. The van der Waals surface area contributed by atoms with Crippen LogP contribution in [0.2, 0.25) is 0 Å². The van der Waals surface area contributed by atoms with E-state index in [2.05, 4.69) is 5.32 Å². The van der Waals surface area contributed by atoms with Crippen LogP contribution in [0.3, 0.4) is 0 Å². The van der Waals surface area contributed by atoms with Gasteiger partial charge in [-0.15, -0.1) is 0 Å². The molecular weight excluding hydrogens is 268 g/mol. The molecule has 112 valence electrons. The molecule has 0 saturated carbocycles. The van der Waals surface area contributed by atoms with Gasteiger partial charge in [0.2, 0.25) is 11.8 Å². The van der Waals surface area contributed by atoms with Crippen LogP contribution in [-0.2, 0) is 16.0 Å². The summed E-state index contributed by atoms with van der Waals surface area (Å²) < 4.78 is 0. The van der Waals surface area contributed by atoms with Gasteiger partial charge in [0.1, 0.15) is 0 Å². The van der Waals surface area contributed by atoms with Crippen LogP contribution in [0.5, 0.6) is 0 Å². The maximum atomic E-state index is 12.4. The largest absolute Gasteiger partial charge is 0.390 e. The summed E-state index contributed by atoms with van der Waals surface area (Å²) in [5, 5.41) is 13.1. The maximum absolute atomic E-state index is 12.4. The fourth-order valence-electron chi connectivity index (χ4n) is 3.27. The molecule has 0 bridgehead atoms. The zero-order valence-electron chi connectivity index (χ0n) is 12.1. The predicted molar refractivity (Wildman–Crippen MR) is 77.4 cm³/mol. The molecule has 2 N–H and O–H groups in total. The number of aliphatic hydroxyl groups excluding tert-OH is 1. The second kappa shape index (κ2) is 5.48. The summed E-state index contributed by atoms with van der Waals surface area (Å²) in [6.45, 7) is 3.03. The van der Waals surface area contributed by atoms with Crippen molar-refractivity contribution in [1.82, 2.24) is 10.2 Å². The van der Waals surface area contributed by atoms with Crippen LogP contribution in [-0.4, -0.2) is 41.0 Å².